The summed E-state index contributed by atoms with van der Waals surface area (Å²) in [6.45, 7) is 3.92. The summed E-state index contributed by atoms with van der Waals surface area (Å²) < 4.78 is 34.6. The van der Waals surface area contributed by atoms with E-state index in [1.165, 1.54) is 29.8 Å². The molecule has 176 valence electrons. The van der Waals surface area contributed by atoms with Gasteiger partial charge in [0.1, 0.15) is 5.82 Å². The highest BCUT2D eigenvalue weighted by molar-refractivity contribution is 7.92. The van der Waals surface area contributed by atoms with E-state index in [0.717, 1.165) is 43.1 Å². The van der Waals surface area contributed by atoms with Crippen molar-refractivity contribution in [3.05, 3.63) is 64.8 Å². The van der Waals surface area contributed by atoms with E-state index in [2.05, 4.69) is 24.9 Å². The van der Waals surface area contributed by atoms with Gasteiger partial charge in [-0.3, -0.25) is 9.29 Å². The molecule has 5 rings (SSSR count). The van der Waals surface area contributed by atoms with Crippen LogP contribution in [0, 0.1) is 6.92 Å². The lowest BCUT2D eigenvalue weighted by molar-refractivity contribution is 0.528. The van der Waals surface area contributed by atoms with Crippen molar-refractivity contribution in [1.29, 1.82) is 0 Å². The van der Waals surface area contributed by atoms with Crippen LogP contribution >= 0.6 is 0 Å². The van der Waals surface area contributed by atoms with Gasteiger partial charge in [-0.2, -0.15) is 4.98 Å². The van der Waals surface area contributed by atoms with Crippen molar-refractivity contribution in [2.45, 2.75) is 24.7 Å². The zero-order chi connectivity index (χ0) is 23.9. The smallest absolute Gasteiger partial charge is 0.408 e. The Hall–Kier alpha value is -3.86. The highest BCUT2D eigenvalue weighted by Gasteiger charge is 2.18. The Kier molecular flexibility index (Phi) is 5.48. The van der Waals surface area contributed by atoms with Crippen LogP contribution in [-0.2, 0) is 17.1 Å². The number of rotatable bonds is 6. The summed E-state index contributed by atoms with van der Waals surface area (Å²) >= 11 is 0. The number of sulfonamides is 1. The Morgan fingerprint density at radius 2 is 1.68 bits per heavy atom. The number of nitrogens with one attached hydrogen (secondary N) is 2. The standard InChI is InChI=1S/C23H24N6O4S/c1-15-13-21(29-11-3-4-12-29)26-22(24-15)25-16-5-7-17(8-6-16)27-34(31,32)18-9-10-20-19(14-18)28(2)23(30)33-20/h5-10,13-14,27H,3-4,11-12H2,1-2H3,(H,24,25,26). The van der Waals surface area contributed by atoms with E-state index in [4.69, 9.17) is 4.42 Å². The monoisotopic (exact) mass is 480 g/mol. The first-order valence-electron chi connectivity index (χ1n) is 10.9. The van der Waals surface area contributed by atoms with Crippen molar-refractivity contribution < 1.29 is 12.8 Å². The van der Waals surface area contributed by atoms with Crippen LogP contribution in [0.3, 0.4) is 0 Å². The second kappa shape index (κ2) is 8.49. The zero-order valence-corrected chi connectivity index (χ0v) is 19.6. The number of hydrogen-bond acceptors (Lipinski definition) is 8. The minimum Gasteiger partial charge on any atom is -0.408 e. The van der Waals surface area contributed by atoms with Gasteiger partial charge >= 0.3 is 5.76 Å². The van der Waals surface area contributed by atoms with Crippen molar-refractivity contribution in [3.8, 4) is 0 Å². The summed E-state index contributed by atoms with van der Waals surface area (Å²) in [7, 11) is -2.34. The Morgan fingerprint density at radius 3 is 2.41 bits per heavy atom. The SMILES string of the molecule is Cc1cc(N2CCCC2)nc(Nc2ccc(NS(=O)(=O)c3ccc4oc(=O)n(C)c4c3)cc2)n1. The average molecular weight is 481 g/mol. The fraction of sp³-hybridized carbons (Fsp3) is 0.261. The predicted molar refractivity (Wildman–Crippen MR) is 130 cm³/mol. The van der Waals surface area contributed by atoms with Crippen LogP contribution in [0.2, 0.25) is 0 Å². The number of nitrogens with zero attached hydrogens (tertiary/aromatic N) is 4. The van der Waals surface area contributed by atoms with E-state index < -0.39 is 15.8 Å². The third kappa shape index (κ3) is 4.34. The van der Waals surface area contributed by atoms with E-state index in [9.17, 15) is 13.2 Å². The quantitative estimate of drug-likeness (QED) is 0.431. The predicted octanol–water partition coefficient (Wildman–Crippen LogP) is 3.37. The maximum atomic E-state index is 12.9. The van der Waals surface area contributed by atoms with Crippen LogP contribution in [0.1, 0.15) is 18.5 Å². The van der Waals surface area contributed by atoms with E-state index in [0.29, 0.717) is 22.7 Å². The fourth-order valence-electron chi connectivity index (χ4n) is 3.95. The third-order valence-corrected chi connectivity index (χ3v) is 7.12. The van der Waals surface area contributed by atoms with Crippen LogP contribution in [-0.4, -0.2) is 36.0 Å². The van der Waals surface area contributed by atoms with Gasteiger partial charge in [0.25, 0.3) is 10.0 Å². The van der Waals surface area contributed by atoms with Crippen molar-refractivity contribution in [3.63, 3.8) is 0 Å². The highest BCUT2D eigenvalue weighted by atomic mass is 32.2. The molecule has 2 N–H and O–H groups in total. The van der Waals surface area contributed by atoms with Crippen molar-refractivity contribution in [2.24, 2.45) is 7.05 Å². The molecule has 1 saturated heterocycles. The summed E-state index contributed by atoms with van der Waals surface area (Å²) in [5, 5.41) is 3.19. The van der Waals surface area contributed by atoms with Crippen molar-refractivity contribution in [2.75, 3.05) is 28.0 Å². The molecular formula is C23H24N6O4S. The lowest BCUT2D eigenvalue weighted by Gasteiger charge is -2.17. The maximum absolute atomic E-state index is 12.9. The Bertz CT molecular complexity index is 1520. The van der Waals surface area contributed by atoms with Crippen LogP contribution in [0.4, 0.5) is 23.1 Å². The molecule has 0 radical (unpaired) electrons. The van der Waals surface area contributed by atoms with Crippen LogP contribution in [0.25, 0.3) is 11.1 Å². The molecule has 0 bridgehead atoms. The molecule has 2 aromatic carbocycles. The van der Waals surface area contributed by atoms with E-state index in [1.807, 2.05) is 13.0 Å². The lowest BCUT2D eigenvalue weighted by Crippen LogP contribution is -2.19. The van der Waals surface area contributed by atoms with Crippen LogP contribution in [0.15, 0.2) is 62.6 Å². The summed E-state index contributed by atoms with van der Waals surface area (Å²) in [6.07, 6.45) is 2.33. The summed E-state index contributed by atoms with van der Waals surface area (Å²) in [6, 6.07) is 13.1. The molecule has 2 aromatic heterocycles. The lowest BCUT2D eigenvalue weighted by atomic mass is 10.3. The Morgan fingerprint density at radius 1 is 0.971 bits per heavy atom. The van der Waals surface area contributed by atoms with Gasteiger partial charge in [0.2, 0.25) is 5.95 Å². The van der Waals surface area contributed by atoms with Gasteiger partial charge in [0.15, 0.2) is 5.58 Å². The summed E-state index contributed by atoms with van der Waals surface area (Å²) in [5.74, 6) is 0.851. The largest absolute Gasteiger partial charge is 0.419 e. The molecule has 0 saturated carbocycles. The molecule has 4 aromatic rings. The van der Waals surface area contributed by atoms with E-state index in [-0.39, 0.29) is 4.90 Å². The maximum Gasteiger partial charge on any atom is 0.419 e. The first-order valence-corrected chi connectivity index (χ1v) is 12.4. The minimum atomic E-state index is -3.86. The van der Waals surface area contributed by atoms with Gasteiger partial charge in [-0.25, -0.2) is 18.2 Å². The molecule has 1 aliphatic rings. The fourth-order valence-corrected chi connectivity index (χ4v) is 5.03. The van der Waals surface area contributed by atoms with Gasteiger partial charge in [-0.05, 0) is 62.2 Å². The van der Waals surface area contributed by atoms with E-state index in [1.54, 1.807) is 24.3 Å². The molecule has 34 heavy (non-hydrogen) atoms. The van der Waals surface area contributed by atoms with Gasteiger partial charge in [-0.1, -0.05) is 0 Å². The molecule has 11 heteroatoms. The number of benzene rings is 2. The van der Waals surface area contributed by atoms with Gasteiger partial charge in [-0.15, -0.1) is 0 Å². The van der Waals surface area contributed by atoms with Crippen molar-refractivity contribution in [1.82, 2.24) is 14.5 Å². The number of anilines is 4. The molecule has 10 nitrogen and oxygen atoms in total. The van der Waals surface area contributed by atoms with Crippen molar-refractivity contribution >= 4 is 44.3 Å². The normalized spacial score (nSPS) is 14.0. The molecule has 3 heterocycles. The Balaban J connectivity index is 1.32. The second-order valence-electron chi connectivity index (χ2n) is 8.25. The van der Waals surface area contributed by atoms with Gasteiger partial charge in [0.05, 0.1) is 10.4 Å². The number of aryl methyl sites for hydroxylation is 2. The summed E-state index contributed by atoms with van der Waals surface area (Å²) in [5.41, 5.74) is 2.73. The average Bonchev–Trinajstić information content (AvgIpc) is 3.43. The molecule has 0 spiro atoms. The number of oxazole rings is 1. The molecule has 0 amide bonds. The molecule has 0 aliphatic carbocycles. The minimum absolute atomic E-state index is 0.0289. The molecule has 0 unspecified atom stereocenters. The number of hydrogen-bond donors (Lipinski definition) is 2. The first kappa shape index (κ1) is 22.0. The molecular weight excluding hydrogens is 456 g/mol. The van der Waals surface area contributed by atoms with Crippen LogP contribution < -0.4 is 20.7 Å². The molecule has 0 atom stereocenters. The number of aromatic nitrogens is 3. The highest BCUT2D eigenvalue weighted by Crippen LogP contribution is 2.24. The van der Waals surface area contributed by atoms with Crippen LogP contribution in [0.5, 0.6) is 0 Å². The summed E-state index contributed by atoms with van der Waals surface area (Å²) in [4.78, 5) is 23.0. The third-order valence-electron chi connectivity index (χ3n) is 5.74. The number of fused-ring (bicyclic) bond motifs is 1. The first-order chi connectivity index (χ1) is 16.3. The van der Waals surface area contributed by atoms with Gasteiger partial charge < -0.3 is 14.6 Å². The molecule has 1 aliphatic heterocycles. The van der Waals surface area contributed by atoms with E-state index >= 15 is 0 Å². The zero-order valence-electron chi connectivity index (χ0n) is 18.8. The molecule has 1 fully saturated rings. The topological polar surface area (TPSA) is 122 Å². The Labute approximate surface area is 196 Å². The second-order valence-corrected chi connectivity index (χ2v) is 9.93. The van der Waals surface area contributed by atoms with Gasteiger partial charge in [0, 0.05) is 43.3 Å².